The van der Waals surface area contributed by atoms with Crippen LogP contribution in [0.1, 0.15) is 58.8 Å². The Morgan fingerprint density at radius 1 is 1.20 bits per heavy atom. The van der Waals surface area contributed by atoms with Crippen molar-refractivity contribution >= 4 is 0 Å². The van der Waals surface area contributed by atoms with E-state index in [0.29, 0.717) is 5.41 Å². The summed E-state index contributed by atoms with van der Waals surface area (Å²) >= 11 is 0. The van der Waals surface area contributed by atoms with Crippen molar-refractivity contribution < 1.29 is 5.11 Å². The Bertz CT molecular complexity index is 257. The van der Waals surface area contributed by atoms with Crippen molar-refractivity contribution in [2.24, 2.45) is 23.2 Å². The van der Waals surface area contributed by atoms with Crippen LogP contribution in [0.5, 0.6) is 0 Å². The highest BCUT2D eigenvalue weighted by molar-refractivity contribution is 5.09. The van der Waals surface area contributed by atoms with E-state index < -0.39 is 0 Å². The third kappa shape index (κ3) is 1.39. The molecule has 0 aromatic carbocycles. The molecule has 0 heterocycles. The molecule has 0 saturated heterocycles. The zero-order valence-electron chi connectivity index (χ0n) is 10.1. The molecule has 4 bridgehead atoms. The molecule has 4 saturated carbocycles. The van der Waals surface area contributed by atoms with Crippen molar-refractivity contribution in [3.63, 3.8) is 0 Å². The summed E-state index contributed by atoms with van der Waals surface area (Å²) in [6.07, 6.45) is 8.88. The van der Waals surface area contributed by atoms with Crippen molar-refractivity contribution in [2.75, 3.05) is 0 Å². The first-order valence-corrected chi connectivity index (χ1v) is 6.78. The van der Waals surface area contributed by atoms with Gasteiger partial charge < -0.3 is 5.11 Å². The highest BCUT2D eigenvalue weighted by atomic mass is 16.3. The maximum atomic E-state index is 10.6. The van der Waals surface area contributed by atoms with Gasteiger partial charge in [0, 0.05) is 0 Å². The fourth-order valence-electron chi connectivity index (χ4n) is 5.29. The van der Waals surface area contributed by atoms with E-state index in [9.17, 15) is 5.11 Å². The highest BCUT2D eigenvalue weighted by Gasteiger charge is 2.58. The van der Waals surface area contributed by atoms with E-state index in [2.05, 4.69) is 13.8 Å². The molecule has 1 nitrogen and oxygen atoms in total. The molecule has 3 unspecified atom stereocenters. The lowest BCUT2D eigenvalue weighted by atomic mass is 9.45. The Hall–Kier alpha value is -0.0400. The molecule has 4 rings (SSSR count). The highest BCUT2D eigenvalue weighted by Crippen LogP contribution is 2.64. The molecule has 0 aliphatic heterocycles. The first-order valence-electron chi connectivity index (χ1n) is 6.78. The summed E-state index contributed by atoms with van der Waals surface area (Å²) in [6.45, 7) is 4.73. The van der Waals surface area contributed by atoms with Crippen LogP contribution in [-0.4, -0.2) is 10.7 Å². The maximum Gasteiger partial charge on any atom is 0.0658 e. The second-order valence-corrected chi connectivity index (χ2v) is 6.86. The molecule has 0 aromatic rings. The zero-order chi connectivity index (χ0) is 10.7. The lowest BCUT2D eigenvalue weighted by Crippen LogP contribution is -2.57. The average Bonchev–Trinajstić information content (AvgIpc) is 2.12. The Labute approximate surface area is 93.3 Å². The molecule has 4 aliphatic rings. The average molecular weight is 208 g/mol. The van der Waals surface area contributed by atoms with Crippen LogP contribution >= 0.6 is 0 Å². The van der Waals surface area contributed by atoms with Crippen LogP contribution in [0.25, 0.3) is 0 Å². The number of hydrogen-bond donors (Lipinski definition) is 1. The molecular formula is C14H24O. The summed E-state index contributed by atoms with van der Waals surface area (Å²) in [6, 6.07) is 0. The van der Waals surface area contributed by atoms with Crippen molar-refractivity contribution in [3.05, 3.63) is 0 Å². The minimum atomic E-state index is -0.256. The van der Waals surface area contributed by atoms with E-state index in [4.69, 9.17) is 0 Å². The van der Waals surface area contributed by atoms with Gasteiger partial charge in [0.15, 0.2) is 0 Å². The smallest absolute Gasteiger partial charge is 0.0658 e. The SMILES string of the molecule is CCC(C)C12CC3CC(CC(O)(C3)C1)C2. The van der Waals surface area contributed by atoms with Crippen LogP contribution in [0.2, 0.25) is 0 Å². The van der Waals surface area contributed by atoms with Crippen molar-refractivity contribution in [1.29, 1.82) is 0 Å². The topological polar surface area (TPSA) is 20.2 Å². The van der Waals surface area contributed by atoms with Crippen LogP contribution in [0.3, 0.4) is 0 Å². The molecule has 0 amide bonds. The lowest BCUT2D eigenvalue weighted by molar-refractivity contribution is -0.179. The van der Waals surface area contributed by atoms with Gasteiger partial charge in [0.25, 0.3) is 0 Å². The van der Waals surface area contributed by atoms with Gasteiger partial charge in [-0.15, -0.1) is 0 Å². The molecule has 15 heavy (non-hydrogen) atoms. The van der Waals surface area contributed by atoms with Gasteiger partial charge in [-0.05, 0) is 61.7 Å². The van der Waals surface area contributed by atoms with E-state index >= 15 is 0 Å². The second kappa shape index (κ2) is 3.00. The van der Waals surface area contributed by atoms with E-state index in [1.807, 2.05) is 0 Å². The van der Waals surface area contributed by atoms with Crippen LogP contribution in [-0.2, 0) is 0 Å². The Balaban J connectivity index is 1.92. The summed E-state index contributed by atoms with van der Waals surface area (Å²) in [5.74, 6) is 2.52. The molecule has 3 atom stereocenters. The first kappa shape index (κ1) is 10.1. The van der Waals surface area contributed by atoms with E-state index in [1.165, 1.54) is 25.7 Å². The van der Waals surface area contributed by atoms with Gasteiger partial charge >= 0.3 is 0 Å². The largest absolute Gasteiger partial charge is 0.390 e. The van der Waals surface area contributed by atoms with Crippen LogP contribution < -0.4 is 0 Å². The molecule has 1 N–H and O–H groups in total. The van der Waals surface area contributed by atoms with Gasteiger partial charge in [-0.2, -0.15) is 0 Å². The normalized spacial score (nSPS) is 54.6. The van der Waals surface area contributed by atoms with Crippen LogP contribution in [0.4, 0.5) is 0 Å². The molecule has 4 fully saturated rings. The standard InChI is InChI=1S/C14H24O/c1-3-10(2)13-5-11-4-12(6-13)8-14(15,7-11)9-13/h10-12,15H,3-9H2,1-2H3. The number of hydrogen-bond acceptors (Lipinski definition) is 1. The molecule has 1 heteroatoms. The van der Waals surface area contributed by atoms with E-state index in [-0.39, 0.29) is 5.60 Å². The quantitative estimate of drug-likeness (QED) is 0.737. The fraction of sp³-hybridized carbons (Fsp3) is 1.00. The third-order valence-corrected chi connectivity index (χ3v) is 5.73. The molecule has 86 valence electrons. The van der Waals surface area contributed by atoms with Gasteiger partial charge in [0.1, 0.15) is 0 Å². The minimum Gasteiger partial charge on any atom is -0.390 e. The summed E-state index contributed by atoms with van der Waals surface area (Å²) in [4.78, 5) is 0. The van der Waals surface area contributed by atoms with E-state index in [1.54, 1.807) is 0 Å². The van der Waals surface area contributed by atoms with Gasteiger partial charge in [0.05, 0.1) is 5.60 Å². The lowest BCUT2D eigenvalue weighted by Gasteiger charge is -2.62. The Morgan fingerprint density at radius 3 is 2.27 bits per heavy atom. The minimum absolute atomic E-state index is 0.256. The maximum absolute atomic E-state index is 10.6. The van der Waals surface area contributed by atoms with Gasteiger partial charge in [-0.3, -0.25) is 0 Å². The third-order valence-electron chi connectivity index (χ3n) is 5.73. The molecule has 0 aromatic heterocycles. The number of rotatable bonds is 2. The molecule has 0 radical (unpaired) electrons. The monoisotopic (exact) mass is 208 g/mol. The Kier molecular flexibility index (Phi) is 2.03. The van der Waals surface area contributed by atoms with Crippen molar-refractivity contribution in [1.82, 2.24) is 0 Å². The van der Waals surface area contributed by atoms with Gasteiger partial charge in [0.2, 0.25) is 0 Å². The molecule has 0 spiro atoms. The predicted octanol–water partition coefficient (Wildman–Crippen LogP) is 3.36. The first-order chi connectivity index (χ1) is 7.05. The molecular weight excluding hydrogens is 184 g/mol. The van der Waals surface area contributed by atoms with E-state index in [0.717, 1.165) is 37.0 Å². The molecule has 4 aliphatic carbocycles. The second-order valence-electron chi connectivity index (χ2n) is 6.86. The Morgan fingerprint density at radius 2 is 1.80 bits per heavy atom. The number of aliphatic hydroxyl groups is 1. The summed E-state index contributed by atoms with van der Waals surface area (Å²) in [5, 5.41) is 10.6. The van der Waals surface area contributed by atoms with Crippen molar-refractivity contribution in [2.45, 2.75) is 64.4 Å². The fourth-order valence-corrected chi connectivity index (χ4v) is 5.29. The summed E-state index contributed by atoms with van der Waals surface area (Å²) in [5.41, 5.74) is 0.265. The summed E-state index contributed by atoms with van der Waals surface area (Å²) < 4.78 is 0. The van der Waals surface area contributed by atoms with Crippen molar-refractivity contribution in [3.8, 4) is 0 Å². The zero-order valence-corrected chi connectivity index (χ0v) is 10.1. The summed E-state index contributed by atoms with van der Waals surface area (Å²) in [7, 11) is 0. The van der Waals surface area contributed by atoms with Crippen LogP contribution in [0.15, 0.2) is 0 Å². The van der Waals surface area contributed by atoms with Crippen LogP contribution in [0, 0.1) is 23.2 Å². The van der Waals surface area contributed by atoms with Gasteiger partial charge in [-0.25, -0.2) is 0 Å². The predicted molar refractivity (Wildman–Crippen MR) is 61.5 cm³/mol. The van der Waals surface area contributed by atoms with Gasteiger partial charge in [-0.1, -0.05) is 20.3 Å².